The number of aromatic nitrogens is 4. The van der Waals surface area contributed by atoms with Gasteiger partial charge in [0.15, 0.2) is 0 Å². The summed E-state index contributed by atoms with van der Waals surface area (Å²) in [6.45, 7) is 1.86. The van der Waals surface area contributed by atoms with Gasteiger partial charge in [0.25, 0.3) is 5.56 Å². The van der Waals surface area contributed by atoms with Crippen molar-refractivity contribution in [2.45, 2.75) is 19.9 Å². The first-order valence-electron chi connectivity index (χ1n) is 8.97. The number of halogens is 1. The maximum Gasteiger partial charge on any atom is 0.325 e. The van der Waals surface area contributed by atoms with Crippen LogP contribution in [-0.2, 0) is 17.8 Å². The number of aromatic amines is 1. The number of carboxylic acid groups (broad SMARTS) is 1. The maximum atomic E-state index is 12.5. The molecule has 0 bridgehead atoms. The van der Waals surface area contributed by atoms with Gasteiger partial charge in [0.1, 0.15) is 18.1 Å². The van der Waals surface area contributed by atoms with E-state index in [-0.39, 0.29) is 6.42 Å². The van der Waals surface area contributed by atoms with E-state index >= 15 is 0 Å². The Morgan fingerprint density at radius 1 is 1.28 bits per heavy atom. The lowest BCUT2D eigenvalue weighted by molar-refractivity contribution is -0.138. The number of nitrogens with one attached hydrogen (secondary N) is 1. The molecule has 4 aromatic rings. The molecule has 9 heteroatoms. The minimum atomic E-state index is -1.14. The standard InChI is InChI=1S/C20H17ClN4O4/c1-2-29-17-8-16-15(7-13(17)21)22-18(23-16)9-14-11-5-3-4-6-12(11)20(28)25(24-14)10-19(26)27/h3-8H,2,9-10H2,1H3,(H,22,23)(H,26,27). The summed E-state index contributed by atoms with van der Waals surface area (Å²) in [5.41, 5.74) is 1.55. The van der Waals surface area contributed by atoms with E-state index in [0.29, 0.717) is 45.2 Å². The first-order chi connectivity index (χ1) is 14.0. The summed E-state index contributed by atoms with van der Waals surface area (Å²) in [4.78, 5) is 31.4. The van der Waals surface area contributed by atoms with Gasteiger partial charge >= 0.3 is 5.97 Å². The lowest BCUT2D eigenvalue weighted by Crippen LogP contribution is -2.28. The minimum Gasteiger partial charge on any atom is -0.492 e. The predicted molar refractivity (Wildman–Crippen MR) is 109 cm³/mol. The van der Waals surface area contributed by atoms with Crippen molar-refractivity contribution in [3.8, 4) is 5.75 Å². The summed E-state index contributed by atoms with van der Waals surface area (Å²) in [5, 5.41) is 14.9. The molecule has 0 aliphatic carbocycles. The van der Waals surface area contributed by atoms with E-state index in [1.54, 1.807) is 36.4 Å². The van der Waals surface area contributed by atoms with Crippen molar-refractivity contribution in [2.24, 2.45) is 0 Å². The van der Waals surface area contributed by atoms with Crippen LogP contribution in [0, 0.1) is 0 Å². The molecule has 0 radical (unpaired) electrons. The third-order valence-corrected chi connectivity index (χ3v) is 4.74. The van der Waals surface area contributed by atoms with Crippen LogP contribution < -0.4 is 10.3 Å². The number of nitrogens with zero attached hydrogens (tertiary/aromatic N) is 3. The number of hydrogen-bond donors (Lipinski definition) is 2. The molecule has 2 N–H and O–H groups in total. The highest BCUT2D eigenvalue weighted by atomic mass is 35.5. The van der Waals surface area contributed by atoms with Gasteiger partial charge in [-0.25, -0.2) is 9.67 Å². The van der Waals surface area contributed by atoms with E-state index in [0.717, 1.165) is 10.2 Å². The smallest absolute Gasteiger partial charge is 0.325 e. The van der Waals surface area contributed by atoms with Gasteiger partial charge in [-0.2, -0.15) is 5.10 Å². The molecule has 148 valence electrons. The van der Waals surface area contributed by atoms with Gasteiger partial charge < -0.3 is 14.8 Å². The highest BCUT2D eigenvalue weighted by Crippen LogP contribution is 2.29. The minimum absolute atomic E-state index is 0.288. The van der Waals surface area contributed by atoms with Crippen molar-refractivity contribution in [2.75, 3.05) is 6.61 Å². The van der Waals surface area contributed by atoms with Gasteiger partial charge in [-0.15, -0.1) is 0 Å². The average Bonchev–Trinajstić information content (AvgIpc) is 3.06. The Morgan fingerprint density at radius 2 is 2.03 bits per heavy atom. The van der Waals surface area contributed by atoms with Gasteiger partial charge in [0.2, 0.25) is 0 Å². The Kier molecular flexibility index (Phi) is 4.94. The molecule has 0 atom stereocenters. The van der Waals surface area contributed by atoms with Crippen LogP contribution in [0.3, 0.4) is 0 Å². The van der Waals surface area contributed by atoms with Crippen molar-refractivity contribution in [3.63, 3.8) is 0 Å². The first-order valence-corrected chi connectivity index (χ1v) is 9.35. The third-order valence-electron chi connectivity index (χ3n) is 4.45. The lowest BCUT2D eigenvalue weighted by atomic mass is 10.1. The van der Waals surface area contributed by atoms with Gasteiger partial charge in [-0.3, -0.25) is 9.59 Å². The number of imidazole rings is 1. The highest BCUT2D eigenvalue weighted by molar-refractivity contribution is 6.32. The zero-order valence-corrected chi connectivity index (χ0v) is 16.2. The molecular weight excluding hydrogens is 396 g/mol. The normalized spacial score (nSPS) is 11.2. The fourth-order valence-electron chi connectivity index (χ4n) is 3.24. The Labute approximate surface area is 169 Å². The van der Waals surface area contributed by atoms with E-state index in [1.165, 1.54) is 0 Å². The molecule has 4 rings (SSSR count). The average molecular weight is 413 g/mol. The molecule has 0 spiro atoms. The number of benzene rings is 2. The number of fused-ring (bicyclic) bond motifs is 2. The van der Waals surface area contributed by atoms with E-state index in [2.05, 4.69) is 15.1 Å². The van der Waals surface area contributed by atoms with Crippen LogP contribution in [0.5, 0.6) is 5.75 Å². The summed E-state index contributed by atoms with van der Waals surface area (Å²) >= 11 is 6.23. The van der Waals surface area contributed by atoms with Crippen LogP contribution in [0.1, 0.15) is 18.4 Å². The molecule has 0 aliphatic heterocycles. The number of carboxylic acids is 1. The van der Waals surface area contributed by atoms with Crippen LogP contribution >= 0.6 is 11.6 Å². The van der Waals surface area contributed by atoms with E-state index < -0.39 is 18.1 Å². The molecular formula is C20H17ClN4O4. The summed E-state index contributed by atoms with van der Waals surface area (Å²) in [7, 11) is 0. The molecule has 0 saturated heterocycles. The molecule has 2 heterocycles. The summed E-state index contributed by atoms with van der Waals surface area (Å²) < 4.78 is 6.48. The zero-order valence-electron chi connectivity index (χ0n) is 15.5. The number of ether oxygens (including phenoxy) is 1. The fraction of sp³-hybridized carbons (Fsp3) is 0.200. The number of aliphatic carboxylic acids is 1. The van der Waals surface area contributed by atoms with Crippen LogP contribution in [-0.4, -0.2) is 37.4 Å². The van der Waals surface area contributed by atoms with Gasteiger partial charge in [0, 0.05) is 11.5 Å². The molecule has 8 nitrogen and oxygen atoms in total. The monoisotopic (exact) mass is 412 g/mol. The molecule has 0 unspecified atom stereocenters. The zero-order chi connectivity index (χ0) is 20.5. The Morgan fingerprint density at radius 3 is 2.76 bits per heavy atom. The van der Waals surface area contributed by atoms with Gasteiger partial charge in [-0.05, 0) is 19.1 Å². The summed E-state index contributed by atoms with van der Waals surface area (Å²) in [6, 6.07) is 10.5. The Bertz CT molecular complexity index is 1300. The summed E-state index contributed by atoms with van der Waals surface area (Å²) in [6.07, 6.45) is 0.288. The van der Waals surface area contributed by atoms with E-state index in [1.807, 2.05) is 6.92 Å². The second-order valence-corrected chi connectivity index (χ2v) is 6.85. The van der Waals surface area contributed by atoms with Crippen molar-refractivity contribution >= 4 is 39.4 Å². The number of carbonyl (C=O) groups is 1. The molecule has 2 aromatic heterocycles. The van der Waals surface area contributed by atoms with Crippen molar-refractivity contribution in [3.05, 3.63) is 63.3 Å². The van der Waals surface area contributed by atoms with Crippen LogP contribution in [0.15, 0.2) is 41.2 Å². The Balaban J connectivity index is 1.80. The summed E-state index contributed by atoms with van der Waals surface area (Å²) in [5.74, 6) is 0.0426. The molecule has 0 aliphatic rings. The quantitative estimate of drug-likeness (QED) is 0.503. The van der Waals surface area contributed by atoms with Crippen molar-refractivity contribution in [1.29, 1.82) is 0 Å². The van der Waals surface area contributed by atoms with Gasteiger partial charge in [0.05, 0.1) is 40.2 Å². The number of rotatable bonds is 6. The molecule has 29 heavy (non-hydrogen) atoms. The van der Waals surface area contributed by atoms with Crippen LogP contribution in [0.4, 0.5) is 0 Å². The second-order valence-electron chi connectivity index (χ2n) is 6.44. The first kappa shape index (κ1) is 18.9. The van der Waals surface area contributed by atoms with Crippen LogP contribution in [0.25, 0.3) is 21.8 Å². The van der Waals surface area contributed by atoms with Crippen molar-refractivity contribution < 1.29 is 14.6 Å². The van der Waals surface area contributed by atoms with Crippen LogP contribution in [0.2, 0.25) is 5.02 Å². The third kappa shape index (κ3) is 3.66. The maximum absolute atomic E-state index is 12.5. The van der Waals surface area contributed by atoms with E-state index in [9.17, 15) is 9.59 Å². The predicted octanol–water partition coefficient (Wildman–Crippen LogP) is 3.00. The molecule has 0 amide bonds. The molecule has 0 fully saturated rings. The molecule has 2 aromatic carbocycles. The van der Waals surface area contributed by atoms with Gasteiger partial charge in [-0.1, -0.05) is 29.8 Å². The number of H-pyrrole nitrogens is 1. The fourth-order valence-corrected chi connectivity index (χ4v) is 3.46. The SMILES string of the molecule is CCOc1cc2[nH]c(Cc3nn(CC(=O)O)c(=O)c4ccccc34)nc2cc1Cl. The van der Waals surface area contributed by atoms with E-state index in [4.69, 9.17) is 21.4 Å². The topological polar surface area (TPSA) is 110 Å². The largest absolute Gasteiger partial charge is 0.492 e. The molecule has 0 saturated carbocycles. The van der Waals surface area contributed by atoms with Crippen molar-refractivity contribution in [1.82, 2.24) is 19.7 Å². The Hall–Kier alpha value is -3.39. The number of hydrogen-bond acceptors (Lipinski definition) is 5. The highest BCUT2D eigenvalue weighted by Gasteiger charge is 2.15. The lowest BCUT2D eigenvalue weighted by Gasteiger charge is -2.08. The second kappa shape index (κ2) is 7.56.